The fraction of sp³-hybridized carbons (Fsp3) is 0.625. The van der Waals surface area contributed by atoms with Crippen LogP contribution in [0.5, 0.6) is 0 Å². The van der Waals surface area contributed by atoms with Gasteiger partial charge in [0.05, 0.1) is 0 Å². The third kappa shape index (κ3) is 3.51. The molecule has 0 amide bonds. The molecule has 1 aliphatic heterocycles. The molecule has 0 bridgehead atoms. The van der Waals surface area contributed by atoms with Crippen molar-refractivity contribution < 1.29 is 9.13 Å². The number of hydrogen-bond donors (Lipinski definition) is 1. The zero-order chi connectivity index (χ0) is 14.0. The van der Waals surface area contributed by atoms with E-state index in [0.29, 0.717) is 11.1 Å². The van der Waals surface area contributed by atoms with Crippen LogP contribution in [0.25, 0.3) is 0 Å². The van der Waals surface area contributed by atoms with Crippen molar-refractivity contribution in [3.8, 4) is 0 Å². The highest BCUT2D eigenvalue weighted by atomic mass is 35.5. The molecule has 0 atom stereocenters. The van der Waals surface area contributed by atoms with Crippen molar-refractivity contribution in [2.24, 2.45) is 5.41 Å². The smallest absolute Gasteiger partial charge is 0.126 e. The molecule has 0 unspecified atom stereocenters. The van der Waals surface area contributed by atoms with Crippen molar-refractivity contribution in [3.63, 3.8) is 0 Å². The number of benzene rings is 1. The molecule has 2 fully saturated rings. The highest BCUT2D eigenvalue weighted by Crippen LogP contribution is 2.36. The summed E-state index contributed by atoms with van der Waals surface area (Å²) in [6.45, 7) is 2.50. The predicted octanol–water partition coefficient (Wildman–Crippen LogP) is 3.57. The lowest BCUT2D eigenvalue weighted by atomic mass is 9.75. The Kier molecular flexibility index (Phi) is 4.29. The van der Waals surface area contributed by atoms with Crippen LogP contribution in [0.2, 0.25) is 5.02 Å². The second-order valence-corrected chi connectivity index (χ2v) is 6.62. The zero-order valence-electron chi connectivity index (χ0n) is 11.6. The van der Waals surface area contributed by atoms with Crippen molar-refractivity contribution in [1.82, 2.24) is 5.32 Å². The molecule has 0 spiro atoms. The van der Waals surface area contributed by atoms with E-state index in [0.717, 1.165) is 44.6 Å². The van der Waals surface area contributed by atoms with Crippen LogP contribution in [0.3, 0.4) is 0 Å². The van der Waals surface area contributed by atoms with Gasteiger partial charge in [0.1, 0.15) is 5.82 Å². The summed E-state index contributed by atoms with van der Waals surface area (Å²) in [5, 5.41) is 4.22. The number of nitrogens with one attached hydrogen (secondary N) is 1. The second kappa shape index (κ2) is 6.00. The molecule has 1 N–H and O–H groups in total. The molecule has 2 nitrogen and oxygen atoms in total. The Balaban J connectivity index is 1.75. The Hall–Kier alpha value is -0.640. The highest BCUT2D eigenvalue weighted by molar-refractivity contribution is 6.30. The first kappa shape index (κ1) is 14.3. The van der Waals surface area contributed by atoms with E-state index in [1.54, 1.807) is 12.1 Å². The zero-order valence-corrected chi connectivity index (χ0v) is 12.4. The Morgan fingerprint density at radius 1 is 1.30 bits per heavy atom. The van der Waals surface area contributed by atoms with E-state index < -0.39 is 0 Å². The first-order valence-electron chi connectivity index (χ1n) is 7.42. The molecule has 0 aromatic heterocycles. The van der Waals surface area contributed by atoms with E-state index in [2.05, 4.69) is 5.32 Å². The van der Waals surface area contributed by atoms with Crippen molar-refractivity contribution in [1.29, 1.82) is 0 Å². The molecule has 110 valence electrons. The van der Waals surface area contributed by atoms with Crippen molar-refractivity contribution in [2.45, 2.75) is 38.1 Å². The SMILES string of the molecule is Fc1ccc(Cl)cc1CC1(CNC2CC2)CCOCC1. The van der Waals surface area contributed by atoms with Crippen LogP contribution in [0.4, 0.5) is 4.39 Å². The van der Waals surface area contributed by atoms with E-state index in [4.69, 9.17) is 16.3 Å². The van der Waals surface area contributed by atoms with E-state index in [9.17, 15) is 4.39 Å². The lowest BCUT2D eigenvalue weighted by Gasteiger charge is -2.38. The molecular formula is C16H21ClFNO. The monoisotopic (exact) mass is 297 g/mol. The van der Waals surface area contributed by atoms with Crippen LogP contribution in [0.15, 0.2) is 18.2 Å². The highest BCUT2D eigenvalue weighted by Gasteiger charge is 2.35. The summed E-state index contributed by atoms with van der Waals surface area (Å²) < 4.78 is 19.5. The van der Waals surface area contributed by atoms with Crippen LogP contribution in [-0.2, 0) is 11.2 Å². The van der Waals surface area contributed by atoms with E-state index >= 15 is 0 Å². The van der Waals surface area contributed by atoms with E-state index in [-0.39, 0.29) is 11.2 Å². The van der Waals surface area contributed by atoms with E-state index in [1.807, 2.05) is 0 Å². The van der Waals surface area contributed by atoms with Gasteiger partial charge in [-0.15, -0.1) is 0 Å². The fourth-order valence-corrected chi connectivity index (χ4v) is 3.15. The summed E-state index contributed by atoms with van der Waals surface area (Å²) >= 11 is 6.01. The standard InChI is InChI=1S/C16H21ClFNO/c17-13-1-4-15(18)12(9-13)10-16(5-7-20-8-6-16)11-19-14-2-3-14/h1,4,9,14,19H,2-3,5-8,10-11H2. The molecule has 3 rings (SSSR count). The maximum Gasteiger partial charge on any atom is 0.126 e. The summed E-state index contributed by atoms with van der Waals surface area (Å²) in [6, 6.07) is 5.53. The minimum atomic E-state index is -0.147. The Morgan fingerprint density at radius 2 is 2.05 bits per heavy atom. The van der Waals surface area contributed by atoms with E-state index in [1.165, 1.54) is 18.9 Å². The Labute approximate surface area is 124 Å². The van der Waals surface area contributed by atoms with Crippen LogP contribution < -0.4 is 5.32 Å². The van der Waals surface area contributed by atoms with Gasteiger partial charge in [-0.1, -0.05) is 11.6 Å². The predicted molar refractivity (Wildman–Crippen MR) is 78.6 cm³/mol. The molecule has 1 heterocycles. The van der Waals surface area contributed by atoms with Gasteiger partial charge in [0.2, 0.25) is 0 Å². The van der Waals surface area contributed by atoms with Gasteiger partial charge in [-0.05, 0) is 61.3 Å². The summed E-state index contributed by atoms with van der Waals surface area (Å²) in [5.41, 5.74) is 0.837. The molecule has 0 radical (unpaired) electrons. The summed E-state index contributed by atoms with van der Waals surface area (Å²) in [5.74, 6) is -0.147. The number of halogens is 2. The third-order valence-corrected chi connectivity index (χ3v) is 4.70. The molecule has 1 saturated heterocycles. The first-order chi connectivity index (χ1) is 9.67. The van der Waals surface area contributed by atoms with Gasteiger partial charge in [0.25, 0.3) is 0 Å². The fourth-order valence-electron chi connectivity index (χ4n) is 2.95. The van der Waals surface area contributed by atoms with Crippen LogP contribution in [-0.4, -0.2) is 25.8 Å². The van der Waals surface area contributed by atoms with Gasteiger partial charge in [-0.3, -0.25) is 0 Å². The average molecular weight is 298 g/mol. The number of ether oxygens (including phenoxy) is 1. The number of rotatable bonds is 5. The quantitative estimate of drug-likeness (QED) is 0.897. The largest absolute Gasteiger partial charge is 0.381 e. The van der Waals surface area contributed by atoms with Crippen molar-refractivity contribution in [2.75, 3.05) is 19.8 Å². The minimum absolute atomic E-state index is 0.104. The Bertz CT molecular complexity index is 470. The maximum atomic E-state index is 14.0. The van der Waals surface area contributed by atoms with Gasteiger partial charge >= 0.3 is 0 Å². The molecule has 20 heavy (non-hydrogen) atoms. The first-order valence-corrected chi connectivity index (χ1v) is 7.80. The lowest BCUT2D eigenvalue weighted by Crippen LogP contribution is -2.41. The summed E-state index contributed by atoms with van der Waals surface area (Å²) in [7, 11) is 0. The van der Waals surface area contributed by atoms with Gasteiger partial charge in [0, 0.05) is 30.8 Å². The summed E-state index contributed by atoms with van der Waals surface area (Å²) in [4.78, 5) is 0. The third-order valence-electron chi connectivity index (χ3n) is 4.47. The van der Waals surface area contributed by atoms with Gasteiger partial charge in [-0.25, -0.2) is 4.39 Å². The number of hydrogen-bond acceptors (Lipinski definition) is 2. The molecule has 4 heteroatoms. The second-order valence-electron chi connectivity index (χ2n) is 6.18. The molecular weight excluding hydrogens is 277 g/mol. The van der Waals surface area contributed by atoms with Gasteiger partial charge in [-0.2, -0.15) is 0 Å². The topological polar surface area (TPSA) is 21.3 Å². The average Bonchev–Trinajstić information content (AvgIpc) is 3.26. The normalized spacial score (nSPS) is 21.9. The Morgan fingerprint density at radius 3 is 2.75 bits per heavy atom. The van der Waals surface area contributed by atoms with Crippen molar-refractivity contribution in [3.05, 3.63) is 34.6 Å². The van der Waals surface area contributed by atoms with Crippen LogP contribution in [0.1, 0.15) is 31.2 Å². The van der Waals surface area contributed by atoms with Crippen molar-refractivity contribution >= 4 is 11.6 Å². The minimum Gasteiger partial charge on any atom is -0.381 e. The van der Waals surface area contributed by atoms with Gasteiger partial charge < -0.3 is 10.1 Å². The van der Waals surface area contributed by atoms with Crippen LogP contribution >= 0.6 is 11.6 Å². The lowest BCUT2D eigenvalue weighted by molar-refractivity contribution is 0.0144. The molecule has 2 aliphatic rings. The molecule has 1 aliphatic carbocycles. The maximum absolute atomic E-state index is 14.0. The van der Waals surface area contributed by atoms with Gasteiger partial charge in [0.15, 0.2) is 0 Å². The molecule has 1 saturated carbocycles. The molecule has 1 aromatic rings. The molecule has 1 aromatic carbocycles. The summed E-state index contributed by atoms with van der Waals surface area (Å²) in [6.07, 6.45) is 5.26. The van der Waals surface area contributed by atoms with Crippen LogP contribution in [0, 0.1) is 11.2 Å².